The van der Waals surface area contributed by atoms with E-state index in [9.17, 15) is 12.8 Å². The Morgan fingerprint density at radius 3 is 2.57 bits per heavy atom. The van der Waals surface area contributed by atoms with Gasteiger partial charge in [0.15, 0.2) is 4.67 Å². The van der Waals surface area contributed by atoms with Crippen molar-refractivity contribution in [2.45, 2.75) is 11.4 Å². The molecule has 0 aliphatic heterocycles. The molecular formula is C12H11Br2FN2O3S. The molecule has 0 aliphatic rings. The molecule has 0 bridgehead atoms. The van der Waals surface area contributed by atoms with Gasteiger partial charge in [-0.15, -0.1) is 0 Å². The van der Waals surface area contributed by atoms with Gasteiger partial charge in [-0.25, -0.2) is 12.8 Å². The summed E-state index contributed by atoms with van der Waals surface area (Å²) in [5, 5.41) is 0. The van der Waals surface area contributed by atoms with E-state index in [0.29, 0.717) is 14.9 Å². The third-order valence-corrected chi connectivity index (χ3v) is 5.68. The maximum Gasteiger partial charge on any atom is 0.246 e. The van der Waals surface area contributed by atoms with Crippen LogP contribution in [0.1, 0.15) is 5.76 Å². The van der Waals surface area contributed by atoms with Crippen LogP contribution < -0.4 is 5.73 Å². The fourth-order valence-electron chi connectivity index (χ4n) is 1.65. The lowest BCUT2D eigenvalue weighted by Gasteiger charge is -2.17. The number of benzene rings is 1. The summed E-state index contributed by atoms with van der Waals surface area (Å²) in [6.07, 6.45) is 0. The highest BCUT2D eigenvalue weighted by atomic mass is 79.9. The summed E-state index contributed by atoms with van der Waals surface area (Å²) >= 11 is 6.18. The standard InChI is InChI=1S/C12H11Br2FN2O3S/c1-17(6-7-2-3-12(14)20-7)21(18,19)11-5-10(16)8(13)4-9(11)15/h2-5H,6,16H2,1H3. The Labute approximate surface area is 138 Å². The van der Waals surface area contributed by atoms with Crippen LogP contribution in [-0.4, -0.2) is 19.8 Å². The summed E-state index contributed by atoms with van der Waals surface area (Å²) in [6, 6.07) is 5.39. The average molecular weight is 442 g/mol. The molecule has 1 heterocycles. The van der Waals surface area contributed by atoms with E-state index in [2.05, 4.69) is 31.9 Å². The van der Waals surface area contributed by atoms with Gasteiger partial charge in [-0.05, 0) is 56.1 Å². The van der Waals surface area contributed by atoms with Crippen molar-refractivity contribution in [3.8, 4) is 0 Å². The van der Waals surface area contributed by atoms with Crippen molar-refractivity contribution in [3.63, 3.8) is 0 Å². The zero-order valence-electron chi connectivity index (χ0n) is 10.8. The molecule has 1 aromatic carbocycles. The van der Waals surface area contributed by atoms with E-state index in [1.165, 1.54) is 7.05 Å². The lowest BCUT2D eigenvalue weighted by atomic mass is 10.3. The number of sulfonamides is 1. The van der Waals surface area contributed by atoms with Gasteiger partial charge in [0.2, 0.25) is 10.0 Å². The van der Waals surface area contributed by atoms with Gasteiger partial charge in [0.05, 0.1) is 6.54 Å². The van der Waals surface area contributed by atoms with Crippen molar-refractivity contribution < 1.29 is 17.2 Å². The maximum absolute atomic E-state index is 13.9. The van der Waals surface area contributed by atoms with Crippen molar-refractivity contribution in [3.05, 3.63) is 45.0 Å². The van der Waals surface area contributed by atoms with E-state index >= 15 is 0 Å². The van der Waals surface area contributed by atoms with E-state index < -0.39 is 20.7 Å². The maximum atomic E-state index is 13.9. The fourth-order valence-corrected chi connectivity index (χ4v) is 3.52. The summed E-state index contributed by atoms with van der Waals surface area (Å²) in [4.78, 5) is -0.476. The summed E-state index contributed by atoms with van der Waals surface area (Å²) in [5.41, 5.74) is 5.76. The second kappa shape index (κ2) is 6.07. The molecule has 2 rings (SSSR count). The second-order valence-corrected chi connectivity index (χ2v) is 7.92. The Bertz CT molecular complexity index is 777. The minimum atomic E-state index is -4.02. The number of furan rings is 1. The molecule has 114 valence electrons. The first kappa shape index (κ1) is 16.5. The number of nitrogens with two attached hydrogens (primary N) is 1. The van der Waals surface area contributed by atoms with Crippen LogP contribution in [0.2, 0.25) is 0 Å². The van der Waals surface area contributed by atoms with Crippen LogP contribution in [0.25, 0.3) is 0 Å². The van der Waals surface area contributed by atoms with Crippen LogP contribution >= 0.6 is 31.9 Å². The average Bonchev–Trinajstić information content (AvgIpc) is 2.79. The van der Waals surface area contributed by atoms with Crippen LogP contribution in [0.5, 0.6) is 0 Å². The van der Waals surface area contributed by atoms with Gasteiger partial charge < -0.3 is 10.2 Å². The SMILES string of the molecule is CN(Cc1ccc(Br)o1)S(=O)(=O)c1cc(N)c(Br)cc1F. The highest BCUT2D eigenvalue weighted by molar-refractivity contribution is 9.10. The van der Waals surface area contributed by atoms with Crippen molar-refractivity contribution in [2.24, 2.45) is 0 Å². The number of nitrogen functional groups attached to an aromatic ring is 1. The molecule has 0 saturated heterocycles. The Morgan fingerprint density at radius 1 is 1.33 bits per heavy atom. The molecule has 0 aliphatic carbocycles. The first-order chi connectivity index (χ1) is 9.71. The van der Waals surface area contributed by atoms with Gasteiger partial charge in [0, 0.05) is 17.2 Å². The Morgan fingerprint density at radius 2 is 2.00 bits per heavy atom. The highest BCUT2D eigenvalue weighted by Gasteiger charge is 2.26. The molecule has 2 aromatic rings. The van der Waals surface area contributed by atoms with Crippen LogP contribution in [0.3, 0.4) is 0 Å². The van der Waals surface area contributed by atoms with Gasteiger partial charge in [-0.3, -0.25) is 0 Å². The first-order valence-corrected chi connectivity index (χ1v) is 8.69. The molecule has 2 N–H and O–H groups in total. The molecule has 0 saturated carbocycles. The summed E-state index contributed by atoms with van der Waals surface area (Å²) in [7, 11) is -2.68. The van der Waals surface area contributed by atoms with Crippen molar-refractivity contribution in [1.82, 2.24) is 4.31 Å². The first-order valence-electron chi connectivity index (χ1n) is 5.67. The zero-order valence-corrected chi connectivity index (χ0v) is 14.8. The van der Waals surface area contributed by atoms with E-state index in [4.69, 9.17) is 10.2 Å². The van der Waals surface area contributed by atoms with Crippen LogP contribution in [0, 0.1) is 5.82 Å². The van der Waals surface area contributed by atoms with E-state index in [1.807, 2.05) is 0 Å². The normalized spacial score (nSPS) is 12.0. The van der Waals surface area contributed by atoms with E-state index in [-0.39, 0.29) is 12.2 Å². The van der Waals surface area contributed by atoms with E-state index in [0.717, 1.165) is 16.4 Å². The Kier molecular flexibility index (Phi) is 4.76. The predicted molar refractivity (Wildman–Crippen MR) is 83.6 cm³/mol. The van der Waals surface area contributed by atoms with Gasteiger partial charge >= 0.3 is 0 Å². The predicted octanol–water partition coefficient (Wildman–Crippen LogP) is 3.35. The fraction of sp³-hybridized carbons (Fsp3) is 0.167. The molecule has 0 amide bonds. The van der Waals surface area contributed by atoms with Crippen molar-refractivity contribution >= 4 is 47.6 Å². The number of halogens is 3. The summed E-state index contributed by atoms with van der Waals surface area (Å²) in [6.45, 7) is -0.0245. The smallest absolute Gasteiger partial charge is 0.246 e. The largest absolute Gasteiger partial charge is 0.453 e. The van der Waals surface area contributed by atoms with Crippen LogP contribution in [0.4, 0.5) is 10.1 Å². The van der Waals surface area contributed by atoms with Crippen LogP contribution in [-0.2, 0) is 16.6 Å². The zero-order chi connectivity index (χ0) is 15.8. The number of hydrogen-bond donors (Lipinski definition) is 1. The summed E-state index contributed by atoms with van der Waals surface area (Å²) < 4.78 is 45.7. The van der Waals surface area contributed by atoms with Crippen molar-refractivity contribution in [2.75, 3.05) is 12.8 Å². The third-order valence-electron chi connectivity index (χ3n) is 2.75. The molecule has 0 fully saturated rings. The molecule has 1 aromatic heterocycles. The molecule has 0 spiro atoms. The van der Waals surface area contributed by atoms with Gasteiger partial charge in [0.1, 0.15) is 16.5 Å². The minimum absolute atomic E-state index is 0.0245. The van der Waals surface area contributed by atoms with Gasteiger partial charge in [-0.2, -0.15) is 4.31 Å². The Hall–Kier alpha value is -0.900. The quantitative estimate of drug-likeness (QED) is 0.738. The van der Waals surface area contributed by atoms with Gasteiger partial charge in [0.25, 0.3) is 0 Å². The molecule has 5 nitrogen and oxygen atoms in total. The van der Waals surface area contributed by atoms with Gasteiger partial charge in [-0.1, -0.05) is 0 Å². The molecule has 9 heteroatoms. The number of hydrogen-bond acceptors (Lipinski definition) is 4. The third kappa shape index (κ3) is 3.47. The molecule has 0 unspecified atom stereocenters. The molecular weight excluding hydrogens is 431 g/mol. The monoisotopic (exact) mass is 440 g/mol. The number of anilines is 1. The topological polar surface area (TPSA) is 76.5 Å². The van der Waals surface area contributed by atoms with Crippen molar-refractivity contribution in [1.29, 1.82) is 0 Å². The molecule has 0 atom stereocenters. The molecule has 0 radical (unpaired) electrons. The number of nitrogens with zero attached hydrogens (tertiary/aromatic N) is 1. The molecule has 21 heavy (non-hydrogen) atoms. The van der Waals surface area contributed by atoms with E-state index in [1.54, 1.807) is 12.1 Å². The number of rotatable bonds is 4. The summed E-state index contributed by atoms with van der Waals surface area (Å²) in [5.74, 6) is -0.443. The Balaban J connectivity index is 2.35. The lowest BCUT2D eigenvalue weighted by Crippen LogP contribution is -2.27. The minimum Gasteiger partial charge on any atom is -0.453 e. The lowest BCUT2D eigenvalue weighted by molar-refractivity contribution is 0.396. The van der Waals surface area contributed by atoms with Crippen LogP contribution in [0.15, 0.2) is 42.7 Å². The second-order valence-electron chi connectivity index (χ2n) is 4.27. The highest BCUT2D eigenvalue weighted by Crippen LogP contribution is 2.28.